The SMILES string of the molecule is CO[C@H]1C(O)[C@@H](COC(C)C)O[C@H]1CCCNC(=O)c1ccc(CC2C#CCCCCC2)cc1. The van der Waals surface area contributed by atoms with Crippen LogP contribution in [0.25, 0.3) is 0 Å². The molecule has 0 bridgehead atoms. The van der Waals surface area contributed by atoms with E-state index in [-0.39, 0.29) is 30.3 Å². The van der Waals surface area contributed by atoms with Gasteiger partial charge in [-0.1, -0.05) is 30.9 Å². The summed E-state index contributed by atoms with van der Waals surface area (Å²) >= 11 is 0. The molecule has 1 saturated heterocycles. The minimum absolute atomic E-state index is 0.0730. The van der Waals surface area contributed by atoms with Gasteiger partial charge in [-0.25, -0.2) is 0 Å². The van der Waals surface area contributed by atoms with Gasteiger partial charge in [-0.2, -0.15) is 0 Å². The molecular weight excluding hydrogens is 430 g/mol. The molecule has 5 atom stereocenters. The summed E-state index contributed by atoms with van der Waals surface area (Å²) in [6.07, 6.45) is 6.68. The number of carbonyl (C=O) groups is 1. The maximum absolute atomic E-state index is 12.6. The van der Waals surface area contributed by atoms with Gasteiger partial charge in [0, 0.05) is 31.6 Å². The lowest BCUT2D eigenvalue weighted by Gasteiger charge is -2.18. The number of aliphatic hydroxyl groups excluding tert-OH is 1. The van der Waals surface area contributed by atoms with Gasteiger partial charge >= 0.3 is 0 Å². The number of rotatable bonds is 11. The third-order valence-electron chi connectivity index (χ3n) is 6.61. The first-order chi connectivity index (χ1) is 16.5. The van der Waals surface area contributed by atoms with Gasteiger partial charge in [0.1, 0.15) is 18.3 Å². The number of benzene rings is 1. The number of aliphatic hydroxyl groups is 1. The summed E-state index contributed by atoms with van der Waals surface area (Å²) in [6.45, 7) is 4.79. The predicted octanol–water partition coefficient (Wildman–Crippen LogP) is 3.89. The Morgan fingerprint density at radius 2 is 2.00 bits per heavy atom. The molecule has 3 rings (SSSR count). The van der Waals surface area contributed by atoms with Crippen LogP contribution in [0.5, 0.6) is 0 Å². The minimum atomic E-state index is -0.713. The molecule has 2 N–H and O–H groups in total. The standard InChI is InChI=1S/C28H41NO5/c1-20(2)33-19-25-26(30)27(32-3)24(34-25)12-9-17-29-28(31)23-15-13-22(14-16-23)18-21-10-7-5-4-6-8-11-21/h13-16,20-21,24-27,30H,4-7,9-10,12,17-19H2,1-3H3,(H,29,31)/t21?,24-,25+,26?,27+/m0/s1. The highest BCUT2D eigenvalue weighted by Crippen LogP contribution is 2.27. The molecule has 1 aromatic rings. The molecule has 2 aliphatic rings. The monoisotopic (exact) mass is 471 g/mol. The molecule has 1 aliphatic carbocycles. The van der Waals surface area contributed by atoms with Crippen LogP contribution in [0.2, 0.25) is 0 Å². The van der Waals surface area contributed by atoms with E-state index in [2.05, 4.69) is 17.2 Å². The van der Waals surface area contributed by atoms with E-state index < -0.39 is 6.10 Å². The first kappa shape index (κ1) is 26.7. The van der Waals surface area contributed by atoms with Crippen molar-refractivity contribution in [1.29, 1.82) is 0 Å². The zero-order valence-corrected chi connectivity index (χ0v) is 20.9. The number of nitrogens with one attached hydrogen (secondary N) is 1. The van der Waals surface area contributed by atoms with Crippen molar-refractivity contribution in [2.24, 2.45) is 5.92 Å². The Labute approximate surface area is 204 Å². The van der Waals surface area contributed by atoms with E-state index in [0.717, 1.165) is 25.7 Å². The van der Waals surface area contributed by atoms with Gasteiger partial charge in [0.05, 0.1) is 18.8 Å². The quantitative estimate of drug-likeness (QED) is 0.378. The summed E-state index contributed by atoms with van der Waals surface area (Å²) in [4.78, 5) is 12.6. The lowest BCUT2D eigenvalue weighted by Crippen LogP contribution is -2.36. The summed E-state index contributed by atoms with van der Waals surface area (Å²) in [5.41, 5.74) is 1.90. The second kappa shape index (κ2) is 13.8. The Bertz CT molecular complexity index is 812. The van der Waals surface area contributed by atoms with Crippen LogP contribution in [0.4, 0.5) is 0 Å². The van der Waals surface area contributed by atoms with Gasteiger partial charge in [-0.05, 0) is 63.6 Å². The highest BCUT2D eigenvalue weighted by Gasteiger charge is 2.43. The van der Waals surface area contributed by atoms with Crippen LogP contribution >= 0.6 is 0 Å². The van der Waals surface area contributed by atoms with Gasteiger partial charge in [0.25, 0.3) is 5.91 Å². The van der Waals surface area contributed by atoms with E-state index >= 15 is 0 Å². The zero-order valence-electron chi connectivity index (χ0n) is 20.9. The van der Waals surface area contributed by atoms with E-state index in [1.54, 1.807) is 7.11 Å². The van der Waals surface area contributed by atoms with E-state index in [1.807, 2.05) is 38.1 Å². The number of carbonyl (C=O) groups excluding carboxylic acids is 1. The Balaban J connectivity index is 1.40. The van der Waals surface area contributed by atoms with Crippen molar-refractivity contribution in [2.45, 2.75) is 95.7 Å². The number of amides is 1. The molecule has 1 aromatic carbocycles. The minimum Gasteiger partial charge on any atom is -0.387 e. The number of hydrogen-bond acceptors (Lipinski definition) is 5. The first-order valence-electron chi connectivity index (χ1n) is 12.8. The highest BCUT2D eigenvalue weighted by atomic mass is 16.6. The summed E-state index contributed by atoms with van der Waals surface area (Å²) in [5.74, 6) is 7.07. The maximum Gasteiger partial charge on any atom is 0.251 e. The fraction of sp³-hybridized carbons (Fsp3) is 0.679. The summed E-state index contributed by atoms with van der Waals surface area (Å²) < 4.78 is 17.1. The normalized spacial score (nSPS) is 27.0. The van der Waals surface area contributed by atoms with Gasteiger partial charge in [-0.15, -0.1) is 5.92 Å². The molecule has 34 heavy (non-hydrogen) atoms. The predicted molar refractivity (Wildman–Crippen MR) is 133 cm³/mol. The molecule has 0 spiro atoms. The smallest absolute Gasteiger partial charge is 0.251 e. The van der Waals surface area contributed by atoms with Crippen molar-refractivity contribution in [1.82, 2.24) is 5.32 Å². The zero-order chi connectivity index (χ0) is 24.3. The molecule has 2 unspecified atom stereocenters. The third-order valence-corrected chi connectivity index (χ3v) is 6.61. The van der Waals surface area contributed by atoms with E-state index in [1.165, 1.54) is 24.8 Å². The van der Waals surface area contributed by atoms with Gasteiger partial charge < -0.3 is 24.6 Å². The molecule has 1 amide bonds. The van der Waals surface area contributed by atoms with Crippen LogP contribution in [-0.2, 0) is 20.6 Å². The number of hydrogen-bond donors (Lipinski definition) is 2. The van der Waals surface area contributed by atoms with Crippen LogP contribution in [0.15, 0.2) is 24.3 Å². The molecule has 0 radical (unpaired) electrons. The molecule has 0 saturated carbocycles. The van der Waals surface area contributed by atoms with Crippen LogP contribution in [0.1, 0.15) is 74.7 Å². The Morgan fingerprint density at radius 1 is 1.21 bits per heavy atom. The second-order valence-electron chi connectivity index (χ2n) is 9.70. The fourth-order valence-corrected chi connectivity index (χ4v) is 4.67. The number of methoxy groups -OCH3 is 1. The number of ether oxygens (including phenoxy) is 3. The van der Waals surface area contributed by atoms with E-state index in [0.29, 0.717) is 31.1 Å². The average Bonchev–Trinajstić information content (AvgIpc) is 3.11. The van der Waals surface area contributed by atoms with E-state index in [4.69, 9.17) is 14.2 Å². The van der Waals surface area contributed by atoms with Gasteiger partial charge in [0.15, 0.2) is 0 Å². The maximum atomic E-state index is 12.6. The van der Waals surface area contributed by atoms with Crippen LogP contribution < -0.4 is 5.32 Å². The average molecular weight is 472 g/mol. The lowest BCUT2D eigenvalue weighted by atomic mass is 9.92. The topological polar surface area (TPSA) is 77.0 Å². The third kappa shape index (κ3) is 8.09. The first-order valence-corrected chi connectivity index (χ1v) is 12.8. The van der Waals surface area contributed by atoms with Crippen molar-refractivity contribution < 1.29 is 24.1 Å². The van der Waals surface area contributed by atoms with Crippen LogP contribution in [-0.4, -0.2) is 61.8 Å². The molecule has 188 valence electrons. The van der Waals surface area contributed by atoms with Gasteiger partial charge in [0.2, 0.25) is 0 Å². The molecule has 6 heteroatoms. The molecule has 0 aromatic heterocycles. The van der Waals surface area contributed by atoms with Crippen LogP contribution in [0, 0.1) is 17.8 Å². The van der Waals surface area contributed by atoms with E-state index in [9.17, 15) is 9.90 Å². The molecule has 1 aliphatic heterocycles. The fourth-order valence-electron chi connectivity index (χ4n) is 4.67. The Kier molecular flexibility index (Phi) is 10.9. The molecular formula is C28H41NO5. The lowest BCUT2D eigenvalue weighted by molar-refractivity contribution is -0.0596. The largest absolute Gasteiger partial charge is 0.387 e. The summed E-state index contributed by atoms with van der Waals surface area (Å²) in [6, 6.07) is 7.90. The second-order valence-corrected chi connectivity index (χ2v) is 9.70. The van der Waals surface area contributed by atoms with Gasteiger partial charge in [-0.3, -0.25) is 4.79 Å². The Hall–Kier alpha value is -1.91. The molecule has 1 heterocycles. The van der Waals surface area contributed by atoms with Crippen molar-refractivity contribution >= 4 is 5.91 Å². The van der Waals surface area contributed by atoms with Crippen LogP contribution in [0.3, 0.4) is 0 Å². The summed E-state index contributed by atoms with van der Waals surface area (Å²) in [5, 5.41) is 13.5. The van der Waals surface area contributed by atoms with Crippen molar-refractivity contribution in [3.8, 4) is 11.8 Å². The molecule has 6 nitrogen and oxygen atoms in total. The molecule has 1 fully saturated rings. The summed E-state index contributed by atoms with van der Waals surface area (Å²) in [7, 11) is 1.59. The highest BCUT2D eigenvalue weighted by molar-refractivity contribution is 5.94. The van der Waals surface area contributed by atoms with Crippen molar-refractivity contribution in [2.75, 3.05) is 20.3 Å². The van der Waals surface area contributed by atoms with Crippen molar-refractivity contribution in [3.63, 3.8) is 0 Å². The van der Waals surface area contributed by atoms with Crippen molar-refractivity contribution in [3.05, 3.63) is 35.4 Å². The Morgan fingerprint density at radius 3 is 2.74 bits per heavy atom.